The summed E-state index contributed by atoms with van der Waals surface area (Å²) in [6.07, 6.45) is 5.33. The van der Waals surface area contributed by atoms with Crippen LogP contribution in [0.2, 0.25) is 0 Å². The van der Waals surface area contributed by atoms with E-state index in [4.69, 9.17) is 0 Å². The summed E-state index contributed by atoms with van der Waals surface area (Å²) in [6, 6.07) is 8.87. The van der Waals surface area contributed by atoms with Crippen LogP contribution in [-0.2, 0) is 13.0 Å². The first kappa shape index (κ1) is 16.5. The lowest BCUT2D eigenvalue weighted by atomic mass is 9.79. The van der Waals surface area contributed by atoms with Crippen molar-refractivity contribution in [2.75, 3.05) is 6.54 Å². The molecule has 0 radical (unpaired) electrons. The van der Waals surface area contributed by atoms with E-state index in [-0.39, 0.29) is 0 Å². The van der Waals surface area contributed by atoms with E-state index in [1.54, 1.807) is 0 Å². The van der Waals surface area contributed by atoms with Crippen LogP contribution in [0.25, 0.3) is 0 Å². The number of nitrogens with one attached hydrogen (secondary N) is 1. The molecule has 0 unspecified atom stereocenters. The molecule has 0 amide bonds. The van der Waals surface area contributed by atoms with Crippen molar-refractivity contribution in [2.45, 2.75) is 65.0 Å². The molecule has 1 aromatic rings. The molecular weight excluding hydrogens is 258 g/mol. The summed E-state index contributed by atoms with van der Waals surface area (Å²) in [4.78, 5) is 0. The van der Waals surface area contributed by atoms with E-state index in [0.29, 0.717) is 12.5 Å². The Morgan fingerprint density at radius 2 is 1.71 bits per heavy atom. The maximum Gasteiger partial charge on any atom is 0.0771 e. The standard InChI is InChI=1S/C19H31NO/c1-15(2)12-17-4-6-18(7-5-17)13-20-14-19(21)10-8-16(3)9-11-19/h4-7,15-16,20-21H,8-14H2,1-3H3. The van der Waals surface area contributed by atoms with Gasteiger partial charge in [0.05, 0.1) is 5.60 Å². The molecule has 0 aromatic heterocycles. The van der Waals surface area contributed by atoms with Gasteiger partial charge in [-0.2, -0.15) is 0 Å². The van der Waals surface area contributed by atoms with Gasteiger partial charge in [-0.05, 0) is 55.1 Å². The van der Waals surface area contributed by atoms with Crippen LogP contribution in [0.3, 0.4) is 0 Å². The molecule has 0 spiro atoms. The van der Waals surface area contributed by atoms with Crippen molar-refractivity contribution in [3.63, 3.8) is 0 Å². The second-order valence-electron chi connectivity index (χ2n) is 7.42. The first-order valence-corrected chi connectivity index (χ1v) is 8.48. The number of rotatable bonds is 6. The zero-order valence-corrected chi connectivity index (χ0v) is 13.9. The van der Waals surface area contributed by atoms with Crippen molar-refractivity contribution < 1.29 is 5.11 Å². The van der Waals surface area contributed by atoms with Crippen LogP contribution in [0.4, 0.5) is 0 Å². The smallest absolute Gasteiger partial charge is 0.0771 e. The van der Waals surface area contributed by atoms with Crippen molar-refractivity contribution in [1.29, 1.82) is 0 Å². The van der Waals surface area contributed by atoms with Crippen LogP contribution < -0.4 is 5.32 Å². The van der Waals surface area contributed by atoms with E-state index in [0.717, 1.165) is 44.6 Å². The molecule has 2 N–H and O–H groups in total. The molecule has 1 aromatic carbocycles. The molecule has 0 heterocycles. The van der Waals surface area contributed by atoms with E-state index in [9.17, 15) is 5.11 Å². The van der Waals surface area contributed by atoms with Crippen molar-refractivity contribution in [3.05, 3.63) is 35.4 Å². The summed E-state index contributed by atoms with van der Waals surface area (Å²) in [5.41, 5.74) is 2.23. The summed E-state index contributed by atoms with van der Waals surface area (Å²) in [6.45, 7) is 8.35. The Kier molecular flexibility index (Phi) is 5.83. The third-order valence-corrected chi connectivity index (χ3v) is 4.66. The average Bonchev–Trinajstić information content (AvgIpc) is 2.44. The van der Waals surface area contributed by atoms with Crippen LogP contribution in [0.1, 0.15) is 57.6 Å². The number of hydrogen-bond donors (Lipinski definition) is 2. The molecule has 0 bridgehead atoms. The highest BCUT2D eigenvalue weighted by molar-refractivity contribution is 5.22. The highest BCUT2D eigenvalue weighted by Gasteiger charge is 2.31. The van der Waals surface area contributed by atoms with Crippen molar-refractivity contribution >= 4 is 0 Å². The molecule has 0 aliphatic heterocycles. The fourth-order valence-electron chi connectivity index (χ4n) is 3.18. The number of hydrogen-bond acceptors (Lipinski definition) is 2. The van der Waals surface area contributed by atoms with Gasteiger partial charge in [-0.25, -0.2) is 0 Å². The van der Waals surface area contributed by atoms with Gasteiger partial charge in [0.25, 0.3) is 0 Å². The molecule has 1 saturated carbocycles. The van der Waals surface area contributed by atoms with Gasteiger partial charge < -0.3 is 10.4 Å². The van der Waals surface area contributed by atoms with Crippen molar-refractivity contribution in [1.82, 2.24) is 5.32 Å². The van der Waals surface area contributed by atoms with Crippen LogP contribution >= 0.6 is 0 Å². The minimum Gasteiger partial charge on any atom is -0.389 e. The zero-order valence-electron chi connectivity index (χ0n) is 13.9. The highest BCUT2D eigenvalue weighted by Crippen LogP contribution is 2.31. The van der Waals surface area contributed by atoms with Gasteiger partial charge >= 0.3 is 0 Å². The second-order valence-corrected chi connectivity index (χ2v) is 7.42. The molecule has 1 aliphatic rings. The fraction of sp³-hybridized carbons (Fsp3) is 0.684. The first-order chi connectivity index (χ1) is 9.97. The average molecular weight is 289 g/mol. The second kappa shape index (κ2) is 7.42. The monoisotopic (exact) mass is 289 g/mol. The molecule has 0 saturated heterocycles. The third-order valence-electron chi connectivity index (χ3n) is 4.66. The summed E-state index contributed by atoms with van der Waals surface area (Å²) in [5.74, 6) is 1.48. The maximum atomic E-state index is 10.5. The quantitative estimate of drug-likeness (QED) is 0.832. The Morgan fingerprint density at radius 1 is 1.14 bits per heavy atom. The van der Waals surface area contributed by atoms with E-state index in [1.807, 2.05) is 0 Å². The zero-order chi connectivity index (χ0) is 15.3. The van der Waals surface area contributed by atoms with Gasteiger partial charge in [-0.15, -0.1) is 0 Å². The fourth-order valence-corrected chi connectivity index (χ4v) is 3.18. The van der Waals surface area contributed by atoms with E-state index in [2.05, 4.69) is 50.4 Å². The van der Waals surface area contributed by atoms with Gasteiger partial charge in [-0.3, -0.25) is 0 Å². The van der Waals surface area contributed by atoms with Gasteiger partial charge in [-0.1, -0.05) is 45.0 Å². The highest BCUT2D eigenvalue weighted by atomic mass is 16.3. The maximum absolute atomic E-state index is 10.5. The van der Waals surface area contributed by atoms with Gasteiger partial charge in [0.2, 0.25) is 0 Å². The molecule has 1 fully saturated rings. The molecule has 1 aliphatic carbocycles. The van der Waals surface area contributed by atoms with E-state index in [1.165, 1.54) is 11.1 Å². The van der Waals surface area contributed by atoms with Crippen LogP contribution in [-0.4, -0.2) is 17.3 Å². The minimum atomic E-state index is -0.482. The number of aliphatic hydroxyl groups is 1. The lowest BCUT2D eigenvalue weighted by Crippen LogP contribution is -2.43. The SMILES string of the molecule is CC(C)Cc1ccc(CNCC2(O)CCC(C)CC2)cc1. The van der Waals surface area contributed by atoms with E-state index >= 15 is 0 Å². The predicted molar refractivity (Wildman–Crippen MR) is 89.3 cm³/mol. The Bertz CT molecular complexity index is 416. The Hall–Kier alpha value is -0.860. The van der Waals surface area contributed by atoms with Gasteiger partial charge in [0.15, 0.2) is 0 Å². The van der Waals surface area contributed by atoms with Crippen LogP contribution in [0.5, 0.6) is 0 Å². The molecule has 2 heteroatoms. The van der Waals surface area contributed by atoms with Crippen LogP contribution in [0.15, 0.2) is 24.3 Å². The van der Waals surface area contributed by atoms with Crippen LogP contribution in [0, 0.1) is 11.8 Å². The Balaban J connectivity index is 1.75. The lowest BCUT2D eigenvalue weighted by molar-refractivity contribution is -0.00630. The summed E-state index contributed by atoms with van der Waals surface area (Å²) < 4.78 is 0. The normalized spacial score (nSPS) is 26.2. The topological polar surface area (TPSA) is 32.3 Å². The Labute approximate surface area is 130 Å². The summed E-state index contributed by atoms with van der Waals surface area (Å²) >= 11 is 0. The predicted octanol–water partition coefficient (Wildman–Crippen LogP) is 3.92. The molecule has 118 valence electrons. The van der Waals surface area contributed by atoms with Gasteiger partial charge in [0, 0.05) is 13.1 Å². The Morgan fingerprint density at radius 3 is 2.29 bits per heavy atom. The summed E-state index contributed by atoms with van der Waals surface area (Å²) in [7, 11) is 0. The minimum absolute atomic E-state index is 0.482. The number of benzene rings is 1. The van der Waals surface area contributed by atoms with Gasteiger partial charge in [0.1, 0.15) is 0 Å². The molecule has 2 nitrogen and oxygen atoms in total. The van der Waals surface area contributed by atoms with Crippen molar-refractivity contribution in [2.24, 2.45) is 11.8 Å². The molecule has 21 heavy (non-hydrogen) atoms. The third kappa shape index (κ3) is 5.44. The van der Waals surface area contributed by atoms with Crippen molar-refractivity contribution in [3.8, 4) is 0 Å². The summed E-state index contributed by atoms with van der Waals surface area (Å²) in [5, 5.41) is 14.0. The van der Waals surface area contributed by atoms with E-state index < -0.39 is 5.60 Å². The largest absolute Gasteiger partial charge is 0.389 e. The molecular formula is C19H31NO. The lowest BCUT2D eigenvalue weighted by Gasteiger charge is -2.35. The molecule has 2 rings (SSSR count). The molecule has 0 atom stereocenters. The first-order valence-electron chi connectivity index (χ1n) is 8.48.